The predicted octanol–water partition coefficient (Wildman–Crippen LogP) is 3.24. The molecule has 2 rings (SSSR count). The van der Waals surface area contributed by atoms with Crippen molar-refractivity contribution in [1.29, 1.82) is 0 Å². The third kappa shape index (κ3) is 3.06. The minimum absolute atomic E-state index is 0.0430. The Hall–Kier alpha value is -1.71. The molecule has 0 aliphatic rings. The summed E-state index contributed by atoms with van der Waals surface area (Å²) in [6, 6.07) is 12.5. The number of pyridine rings is 1. The smallest absolute Gasteiger partial charge is 0.0727 e. The van der Waals surface area contributed by atoms with Gasteiger partial charge in [0.2, 0.25) is 0 Å². The van der Waals surface area contributed by atoms with Crippen LogP contribution in [0.3, 0.4) is 0 Å². The fraction of sp³-hybridized carbons (Fsp3) is 0.353. The molecule has 0 radical (unpaired) electrons. The van der Waals surface area contributed by atoms with Crippen LogP contribution < -0.4 is 11.3 Å². The Morgan fingerprint density at radius 3 is 2.35 bits per heavy atom. The Bertz CT molecular complexity index is 568. The van der Waals surface area contributed by atoms with Gasteiger partial charge in [-0.1, -0.05) is 51.1 Å². The lowest BCUT2D eigenvalue weighted by molar-refractivity contribution is 0.557. The summed E-state index contributed by atoms with van der Waals surface area (Å²) in [5.74, 6) is 5.81. The van der Waals surface area contributed by atoms with Crippen LogP contribution in [-0.4, -0.2) is 4.98 Å². The third-order valence-electron chi connectivity index (χ3n) is 3.51. The number of nitrogens with two attached hydrogens (primary N) is 1. The van der Waals surface area contributed by atoms with Crippen LogP contribution in [0.1, 0.15) is 49.2 Å². The first kappa shape index (κ1) is 14.7. The van der Waals surface area contributed by atoms with E-state index in [9.17, 15) is 0 Å². The highest BCUT2D eigenvalue weighted by atomic mass is 15.2. The largest absolute Gasteiger partial charge is 0.271 e. The molecule has 1 heterocycles. The summed E-state index contributed by atoms with van der Waals surface area (Å²) in [5.41, 5.74) is 7.58. The summed E-state index contributed by atoms with van der Waals surface area (Å²) in [4.78, 5) is 4.37. The van der Waals surface area contributed by atoms with Crippen molar-refractivity contribution in [1.82, 2.24) is 10.4 Å². The molecule has 0 saturated carbocycles. The summed E-state index contributed by atoms with van der Waals surface area (Å²) in [5, 5.41) is 0. The first-order valence-electron chi connectivity index (χ1n) is 6.91. The Morgan fingerprint density at radius 1 is 1.10 bits per heavy atom. The Balaban J connectivity index is 2.50. The zero-order valence-corrected chi connectivity index (χ0v) is 12.6. The number of aromatic nitrogens is 1. The summed E-state index contributed by atoms with van der Waals surface area (Å²) >= 11 is 0. The van der Waals surface area contributed by atoms with Crippen LogP contribution in [0.4, 0.5) is 0 Å². The summed E-state index contributed by atoms with van der Waals surface area (Å²) < 4.78 is 0. The molecule has 1 atom stereocenters. The van der Waals surface area contributed by atoms with E-state index in [1.165, 1.54) is 11.1 Å². The number of aryl methyl sites for hydroxylation is 1. The molecule has 0 aliphatic carbocycles. The number of hydrazine groups is 1. The molecule has 0 saturated heterocycles. The van der Waals surface area contributed by atoms with Crippen LogP contribution in [0.5, 0.6) is 0 Å². The van der Waals surface area contributed by atoms with E-state index in [1.807, 2.05) is 19.2 Å². The minimum Gasteiger partial charge on any atom is -0.271 e. The van der Waals surface area contributed by atoms with Crippen LogP contribution >= 0.6 is 0 Å². The molecule has 0 bridgehead atoms. The molecular formula is C17H23N3. The number of nitrogens with one attached hydrogen (secondary N) is 1. The SMILES string of the molecule is Cc1ccc(C(NN)c2ccccc2C(C)(C)C)cn1. The molecule has 1 aromatic heterocycles. The molecule has 1 unspecified atom stereocenters. The van der Waals surface area contributed by atoms with Gasteiger partial charge in [-0.25, -0.2) is 5.43 Å². The van der Waals surface area contributed by atoms with Gasteiger partial charge in [0.1, 0.15) is 0 Å². The number of rotatable bonds is 3. The van der Waals surface area contributed by atoms with E-state index >= 15 is 0 Å². The zero-order chi connectivity index (χ0) is 14.8. The van der Waals surface area contributed by atoms with E-state index in [0.717, 1.165) is 11.3 Å². The van der Waals surface area contributed by atoms with Crippen molar-refractivity contribution in [3.63, 3.8) is 0 Å². The molecular weight excluding hydrogens is 246 g/mol. The molecule has 3 nitrogen and oxygen atoms in total. The lowest BCUT2D eigenvalue weighted by Crippen LogP contribution is -2.31. The van der Waals surface area contributed by atoms with Crippen molar-refractivity contribution < 1.29 is 0 Å². The third-order valence-corrected chi connectivity index (χ3v) is 3.51. The van der Waals surface area contributed by atoms with Gasteiger partial charge >= 0.3 is 0 Å². The van der Waals surface area contributed by atoms with Crippen molar-refractivity contribution in [3.8, 4) is 0 Å². The zero-order valence-electron chi connectivity index (χ0n) is 12.6. The van der Waals surface area contributed by atoms with Gasteiger partial charge in [-0.2, -0.15) is 0 Å². The number of hydrogen-bond donors (Lipinski definition) is 2. The Kier molecular flexibility index (Phi) is 4.21. The second kappa shape index (κ2) is 5.73. The fourth-order valence-corrected chi connectivity index (χ4v) is 2.45. The van der Waals surface area contributed by atoms with Crippen LogP contribution in [0, 0.1) is 6.92 Å². The van der Waals surface area contributed by atoms with Gasteiger partial charge in [-0.15, -0.1) is 0 Å². The van der Waals surface area contributed by atoms with Gasteiger partial charge in [0.25, 0.3) is 0 Å². The van der Waals surface area contributed by atoms with Crippen LogP contribution in [0.15, 0.2) is 42.6 Å². The Labute approximate surface area is 121 Å². The Morgan fingerprint density at radius 2 is 1.80 bits per heavy atom. The van der Waals surface area contributed by atoms with Gasteiger partial charge in [0.05, 0.1) is 6.04 Å². The lowest BCUT2D eigenvalue weighted by Gasteiger charge is -2.27. The van der Waals surface area contributed by atoms with E-state index < -0.39 is 0 Å². The number of nitrogens with zero attached hydrogens (tertiary/aromatic N) is 1. The second-order valence-electron chi connectivity index (χ2n) is 6.17. The average Bonchev–Trinajstić information content (AvgIpc) is 2.41. The average molecular weight is 269 g/mol. The predicted molar refractivity (Wildman–Crippen MR) is 83.3 cm³/mol. The highest BCUT2D eigenvalue weighted by Gasteiger charge is 2.23. The van der Waals surface area contributed by atoms with Crippen molar-refractivity contribution in [2.45, 2.75) is 39.2 Å². The molecule has 20 heavy (non-hydrogen) atoms. The van der Waals surface area contributed by atoms with E-state index in [4.69, 9.17) is 5.84 Å². The molecule has 3 heteroatoms. The molecule has 1 aromatic carbocycles. The maximum absolute atomic E-state index is 5.81. The first-order chi connectivity index (χ1) is 9.43. The minimum atomic E-state index is -0.0430. The van der Waals surface area contributed by atoms with E-state index in [0.29, 0.717) is 0 Å². The molecule has 0 amide bonds. The van der Waals surface area contributed by atoms with E-state index in [2.05, 4.69) is 61.5 Å². The summed E-state index contributed by atoms with van der Waals surface area (Å²) in [7, 11) is 0. The van der Waals surface area contributed by atoms with Gasteiger partial charge in [0.15, 0.2) is 0 Å². The standard InChI is InChI=1S/C17H23N3/c1-12-9-10-13(11-19-12)16(20-18)14-7-5-6-8-15(14)17(2,3)4/h5-11,16,20H,18H2,1-4H3. The summed E-state index contributed by atoms with van der Waals surface area (Å²) in [6.07, 6.45) is 1.89. The van der Waals surface area contributed by atoms with E-state index in [1.54, 1.807) is 0 Å². The highest BCUT2D eigenvalue weighted by molar-refractivity contribution is 5.40. The first-order valence-corrected chi connectivity index (χ1v) is 6.91. The van der Waals surface area contributed by atoms with Crippen LogP contribution in [0.2, 0.25) is 0 Å². The van der Waals surface area contributed by atoms with Gasteiger partial charge < -0.3 is 0 Å². The fourth-order valence-electron chi connectivity index (χ4n) is 2.45. The van der Waals surface area contributed by atoms with E-state index in [-0.39, 0.29) is 11.5 Å². The monoisotopic (exact) mass is 269 g/mol. The number of hydrogen-bond acceptors (Lipinski definition) is 3. The highest BCUT2D eigenvalue weighted by Crippen LogP contribution is 2.32. The second-order valence-corrected chi connectivity index (χ2v) is 6.17. The molecule has 3 N–H and O–H groups in total. The maximum Gasteiger partial charge on any atom is 0.0727 e. The van der Waals surface area contributed by atoms with Gasteiger partial charge in [-0.3, -0.25) is 10.8 Å². The topological polar surface area (TPSA) is 50.9 Å². The lowest BCUT2D eigenvalue weighted by atomic mass is 9.81. The number of benzene rings is 1. The van der Waals surface area contributed by atoms with Crippen molar-refractivity contribution in [2.75, 3.05) is 0 Å². The summed E-state index contributed by atoms with van der Waals surface area (Å²) in [6.45, 7) is 8.63. The normalized spacial score (nSPS) is 13.2. The van der Waals surface area contributed by atoms with Gasteiger partial charge in [0, 0.05) is 11.9 Å². The molecule has 0 aliphatic heterocycles. The van der Waals surface area contributed by atoms with Crippen molar-refractivity contribution >= 4 is 0 Å². The molecule has 0 fully saturated rings. The molecule has 106 valence electrons. The van der Waals surface area contributed by atoms with Crippen LogP contribution in [0.25, 0.3) is 0 Å². The quantitative estimate of drug-likeness (QED) is 0.664. The van der Waals surface area contributed by atoms with Crippen molar-refractivity contribution in [3.05, 3.63) is 65.0 Å². The van der Waals surface area contributed by atoms with Crippen LogP contribution in [-0.2, 0) is 5.41 Å². The maximum atomic E-state index is 5.81. The molecule has 0 spiro atoms. The molecule has 2 aromatic rings. The van der Waals surface area contributed by atoms with Gasteiger partial charge in [-0.05, 0) is 35.1 Å². The van der Waals surface area contributed by atoms with Crippen molar-refractivity contribution in [2.24, 2.45) is 5.84 Å².